The second-order valence-electron chi connectivity index (χ2n) is 5.01. The van der Waals surface area contributed by atoms with Gasteiger partial charge in [0.2, 0.25) is 0 Å². The Balaban J connectivity index is 2.06. The lowest BCUT2D eigenvalue weighted by molar-refractivity contribution is -0.134. The molecule has 0 unspecified atom stereocenters. The molecule has 3 nitrogen and oxygen atoms in total. The minimum Gasteiger partial charge on any atom is -0.388 e. The van der Waals surface area contributed by atoms with Crippen LogP contribution in [-0.4, -0.2) is 23.9 Å². The molecule has 3 heteroatoms. The van der Waals surface area contributed by atoms with E-state index in [0.29, 0.717) is 0 Å². The van der Waals surface area contributed by atoms with Crippen molar-refractivity contribution in [2.45, 2.75) is 56.7 Å². The summed E-state index contributed by atoms with van der Waals surface area (Å²) in [6.07, 6.45) is 6.32. The summed E-state index contributed by atoms with van der Waals surface area (Å²) in [5.74, 6) is 0. The van der Waals surface area contributed by atoms with Crippen LogP contribution in [0.2, 0.25) is 0 Å². The van der Waals surface area contributed by atoms with Crippen LogP contribution in [0.4, 0.5) is 0 Å². The van der Waals surface area contributed by atoms with Crippen molar-refractivity contribution >= 4 is 0 Å². The third-order valence-electron chi connectivity index (χ3n) is 4.41. The first-order chi connectivity index (χ1) is 7.16. The van der Waals surface area contributed by atoms with E-state index in [1.807, 2.05) is 0 Å². The molecule has 0 bridgehead atoms. The summed E-state index contributed by atoms with van der Waals surface area (Å²) in [5, 5.41) is 19.8. The van der Waals surface area contributed by atoms with Gasteiger partial charge in [0.05, 0.1) is 23.2 Å². The number of hydrogen-bond donors (Lipinski definition) is 1. The van der Waals surface area contributed by atoms with Crippen LogP contribution >= 0.6 is 0 Å². The van der Waals surface area contributed by atoms with Gasteiger partial charge in [0.1, 0.15) is 0 Å². The zero-order valence-electron chi connectivity index (χ0n) is 9.33. The summed E-state index contributed by atoms with van der Waals surface area (Å²) in [4.78, 5) is 0. The fraction of sp³-hybridized carbons (Fsp3) is 0.917. The van der Waals surface area contributed by atoms with Gasteiger partial charge in [-0.05, 0) is 38.5 Å². The maximum absolute atomic E-state index is 10.6. The van der Waals surface area contributed by atoms with Crippen molar-refractivity contribution in [1.29, 1.82) is 5.26 Å². The third kappa shape index (κ3) is 1.56. The molecule has 2 aliphatic rings. The molecule has 0 atom stereocenters. The van der Waals surface area contributed by atoms with Crippen molar-refractivity contribution in [2.75, 3.05) is 7.11 Å². The van der Waals surface area contributed by atoms with Crippen molar-refractivity contribution < 1.29 is 9.84 Å². The van der Waals surface area contributed by atoms with Crippen molar-refractivity contribution in [3.8, 4) is 6.07 Å². The Morgan fingerprint density at radius 3 is 2.20 bits per heavy atom. The quantitative estimate of drug-likeness (QED) is 0.756. The standard InChI is InChI=1S/C12H19NO2/c1-15-10-3-7-12(14,8-4-10)11(9-13)5-2-6-11/h10,14H,2-8H2,1H3. The monoisotopic (exact) mass is 209 g/mol. The van der Waals surface area contributed by atoms with Gasteiger partial charge < -0.3 is 9.84 Å². The molecule has 0 radical (unpaired) electrons. The largest absolute Gasteiger partial charge is 0.388 e. The van der Waals surface area contributed by atoms with E-state index in [2.05, 4.69) is 6.07 Å². The first-order valence-electron chi connectivity index (χ1n) is 5.82. The van der Waals surface area contributed by atoms with Crippen LogP contribution in [-0.2, 0) is 4.74 Å². The maximum Gasteiger partial charge on any atom is 0.0860 e. The van der Waals surface area contributed by atoms with Crippen molar-refractivity contribution in [2.24, 2.45) is 5.41 Å². The number of nitriles is 1. The predicted molar refractivity (Wildman–Crippen MR) is 56.1 cm³/mol. The Morgan fingerprint density at radius 1 is 1.27 bits per heavy atom. The normalized spacial score (nSPS) is 39.1. The van der Waals surface area contributed by atoms with Gasteiger partial charge in [0, 0.05) is 7.11 Å². The van der Waals surface area contributed by atoms with Crippen LogP contribution in [0.3, 0.4) is 0 Å². The Morgan fingerprint density at radius 2 is 1.87 bits per heavy atom. The van der Waals surface area contributed by atoms with Crippen LogP contribution in [0.25, 0.3) is 0 Å². The molecule has 2 rings (SSSR count). The van der Waals surface area contributed by atoms with Crippen LogP contribution in [0.1, 0.15) is 44.9 Å². The average molecular weight is 209 g/mol. The van der Waals surface area contributed by atoms with Gasteiger partial charge in [-0.2, -0.15) is 5.26 Å². The molecule has 1 N–H and O–H groups in total. The highest BCUT2D eigenvalue weighted by Gasteiger charge is 2.55. The first kappa shape index (κ1) is 10.9. The van der Waals surface area contributed by atoms with Gasteiger partial charge in [-0.3, -0.25) is 0 Å². The van der Waals surface area contributed by atoms with E-state index in [1.54, 1.807) is 7.11 Å². The molecule has 0 aromatic rings. The summed E-state index contributed by atoms with van der Waals surface area (Å²) < 4.78 is 5.29. The minimum absolute atomic E-state index is 0.279. The van der Waals surface area contributed by atoms with Crippen molar-refractivity contribution in [3.05, 3.63) is 0 Å². The molecular weight excluding hydrogens is 190 g/mol. The summed E-state index contributed by atoms with van der Waals surface area (Å²) in [5.41, 5.74) is -1.18. The van der Waals surface area contributed by atoms with Gasteiger partial charge in [0.15, 0.2) is 0 Å². The van der Waals surface area contributed by atoms with Crippen LogP contribution in [0, 0.1) is 16.7 Å². The number of methoxy groups -OCH3 is 1. The summed E-state index contributed by atoms with van der Waals surface area (Å²) in [6, 6.07) is 2.37. The number of ether oxygens (including phenoxy) is 1. The Hall–Kier alpha value is -0.590. The van der Waals surface area contributed by atoms with Crippen molar-refractivity contribution in [3.63, 3.8) is 0 Å². The molecule has 0 aliphatic heterocycles. The minimum atomic E-state index is -0.741. The lowest BCUT2D eigenvalue weighted by Crippen LogP contribution is -2.54. The zero-order valence-corrected chi connectivity index (χ0v) is 9.33. The number of rotatable bonds is 2. The molecule has 2 saturated carbocycles. The maximum atomic E-state index is 10.6. The van der Waals surface area contributed by atoms with Gasteiger partial charge in [-0.25, -0.2) is 0 Å². The Bertz CT molecular complexity index is 270. The SMILES string of the molecule is COC1CCC(O)(C2(C#N)CCC2)CC1. The van der Waals surface area contributed by atoms with Gasteiger partial charge in [-0.15, -0.1) is 0 Å². The van der Waals surface area contributed by atoms with Gasteiger partial charge in [-0.1, -0.05) is 6.42 Å². The fourth-order valence-electron chi connectivity index (χ4n) is 2.99. The zero-order chi connectivity index (χ0) is 10.9. The number of nitrogens with zero attached hydrogens (tertiary/aromatic N) is 1. The molecule has 0 aromatic heterocycles. The lowest BCUT2D eigenvalue weighted by atomic mass is 9.55. The van der Waals surface area contributed by atoms with Crippen LogP contribution in [0.5, 0.6) is 0 Å². The lowest BCUT2D eigenvalue weighted by Gasteiger charge is -2.51. The van der Waals surface area contributed by atoms with Gasteiger partial charge >= 0.3 is 0 Å². The summed E-state index contributed by atoms with van der Waals surface area (Å²) in [7, 11) is 1.72. The first-order valence-corrected chi connectivity index (χ1v) is 5.82. The fourth-order valence-corrected chi connectivity index (χ4v) is 2.99. The molecule has 0 heterocycles. The van der Waals surface area contributed by atoms with E-state index < -0.39 is 11.0 Å². The molecule has 15 heavy (non-hydrogen) atoms. The smallest absolute Gasteiger partial charge is 0.0860 e. The summed E-state index contributed by atoms with van der Waals surface area (Å²) in [6.45, 7) is 0. The highest BCUT2D eigenvalue weighted by Crippen LogP contribution is 2.54. The van der Waals surface area contributed by atoms with E-state index in [1.165, 1.54) is 0 Å². The predicted octanol–water partition coefficient (Wildman–Crippen LogP) is 2.00. The molecule has 0 spiro atoms. The van der Waals surface area contributed by atoms with Crippen LogP contribution in [0.15, 0.2) is 0 Å². The molecule has 2 aliphatic carbocycles. The second kappa shape index (κ2) is 3.77. The Kier molecular flexibility index (Phi) is 2.74. The topological polar surface area (TPSA) is 53.2 Å². The number of hydrogen-bond acceptors (Lipinski definition) is 3. The van der Waals surface area contributed by atoms with E-state index in [4.69, 9.17) is 4.74 Å². The van der Waals surface area contributed by atoms with Crippen molar-refractivity contribution in [1.82, 2.24) is 0 Å². The van der Waals surface area contributed by atoms with E-state index in [-0.39, 0.29) is 6.10 Å². The molecule has 84 valence electrons. The second-order valence-corrected chi connectivity index (χ2v) is 5.01. The highest BCUT2D eigenvalue weighted by molar-refractivity contribution is 5.16. The van der Waals surface area contributed by atoms with E-state index in [0.717, 1.165) is 44.9 Å². The third-order valence-corrected chi connectivity index (χ3v) is 4.41. The number of aliphatic hydroxyl groups is 1. The molecule has 0 aromatic carbocycles. The van der Waals surface area contributed by atoms with Crippen LogP contribution < -0.4 is 0 Å². The highest BCUT2D eigenvalue weighted by atomic mass is 16.5. The Labute approximate surface area is 91.0 Å². The van der Waals surface area contributed by atoms with Gasteiger partial charge in [0.25, 0.3) is 0 Å². The molecule has 2 fully saturated rings. The molecule has 0 amide bonds. The van der Waals surface area contributed by atoms with E-state index >= 15 is 0 Å². The molecule has 0 saturated heterocycles. The molecular formula is C12H19NO2. The average Bonchev–Trinajstić information content (AvgIpc) is 2.18. The van der Waals surface area contributed by atoms with E-state index in [9.17, 15) is 10.4 Å². The summed E-state index contributed by atoms with van der Waals surface area (Å²) >= 11 is 0.